The van der Waals surface area contributed by atoms with E-state index in [0.717, 1.165) is 5.56 Å². The SMILES string of the molecule is COc1ccccc1CC(=O)c1cc2cccc(F)c2o1. The fourth-order valence-corrected chi connectivity index (χ4v) is 2.27. The summed E-state index contributed by atoms with van der Waals surface area (Å²) in [5.74, 6) is 0.119. The summed E-state index contributed by atoms with van der Waals surface area (Å²) < 4.78 is 24.1. The van der Waals surface area contributed by atoms with Gasteiger partial charge in [-0.15, -0.1) is 0 Å². The number of carbonyl (C=O) groups is 1. The van der Waals surface area contributed by atoms with Crippen LogP contribution >= 0.6 is 0 Å². The standard InChI is InChI=1S/C17H13FO3/c1-20-15-8-3-2-5-11(15)9-14(19)16-10-12-6-4-7-13(18)17(12)21-16/h2-8,10H,9H2,1H3. The zero-order valence-corrected chi connectivity index (χ0v) is 11.4. The third-order valence-electron chi connectivity index (χ3n) is 3.31. The Morgan fingerprint density at radius 2 is 2.00 bits per heavy atom. The fraction of sp³-hybridized carbons (Fsp3) is 0.118. The number of carbonyl (C=O) groups excluding carboxylic acids is 1. The molecule has 0 radical (unpaired) electrons. The number of furan rings is 1. The van der Waals surface area contributed by atoms with Gasteiger partial charge in [-0.3, -0.25) is 4.79 Å². The molecule has 0 fully saturated rings. The van der Waals surface area contributed by atoms with Crippen molar-refractivity contribution in [2.75, 3.05) is 7.11 Å². The van der Waals surface area contributed by atoms with E-state index in [1.807, 2.05) is 18.2 Å². The highest BCUT2D eigenvalue weighted by molar-refractivity contribution is 5.99. The normalized spacial score (nSPS) is 10.8. The summed E-state index contributed by atoms with van der Waals surface area (Å²) in [6.45, 7) is 0. The molecule has 0 saturated heterocycles. The molecular weight excluding hydrogens is 271 g/mol. The van der Waals surface area contributed by atoms with E-state index < -0.39 is 5.82 Å². The molecule has 106 valence electrons. The molecule has 0 bridgehead atoms. The van der Waals surface area contributed by atoms with Crippen molar-refractivity contribution in [2.24, 2.45) is 0 Å². The van der Waals surface area contributed by atoms with Crippen molar-refractivity contribution < 1.29 is 18.3 Å². The number of hydrogen-bond donors (Lipinski definition) is 0. The highest BCUT2D eigenvalue weighted by atomic mass is 19.1. The quantitative estimate of drug-likeness (QED) is 0.680. The summed E-state index contributed by atoms with van der Waals surface area (Å²) in [5.41, 5.74) is 0.881. The van der Waals surface area contributed by atoms with Gasteiger partial charge in [-0.2, -0.15) is 0 Å². The molecule has 0 spiro atoms. The van der Waals surface area contributed by atoms with Gasteiger partial charge in [0.15, 0.2) is 17.2 Å². The van der Waals surface area contributed by atoms with Crippen molar-refractivity contribution in [3.8, 4) is 5.75 Å². The minimum Gasteiger partial charge on any atom is -0.496 e. The number of benzene rings is 2. The number of hydrogen-bond acceptors (Lipinski definition) is 3. The summed E-state index contributed by atoms with van der Waals surface area (Å²) in [4.78, 5) is 12.3. The molecule has 4 heteroatoms. The van der Waals surface area contributed by atoms with Crippen LogP contribution < -0.4 is 4.74 Å². The molecule has 0 atom stereocenters. The van der Waals surface area contributed by atoms with Gasteiger partial charge in [0.1, 0.15) is 5.75 Å². The van der Waals surface area contributed by atoms with Gasteiger partial charge < -0.3 is 9.15 Å². The second-order valence-corrected chi connectivity index (χ2v) is 4.68. The predicted octanol–water partition coefficient (Wildman–Crippen LogP) is 4.01. The van der Waals surface area contributed by atoms with E-state index in [2.05, 4.69) is 0 Å². The Bertz CT molecular complexity index is 805. The van der Waals surface area contributed by atoms with Gasteiger partial charge in [0.05, 0.1) is 7.11 Å². The Kier molecular flexibility index (Phi) is 3.44. The molecule has 3 nitrogen and oxygen atoms in total. The molecule has 0 N–H and O–H groups in total. The smallest absolute Gasteiger partial charge is 0.202 e. The number of rotatable bonds is 4. The Morgan fingerprint density at radius 3 is 2.76 bits per heavy atom. The van der Waals surface area contributed by atoms with E-state index in [0.29, 0.717) is 11.1 Å². The number of Topliss-reactive ketones (excluding diaryl/α,β-unsaturated/α-hetero) is 1. The molecule has 0 saturated carbocycles. The van der Waals surface area contributed by atoms with Crippen LogP contribution in [0.3, 0.4) is 0 Å². The summed E-state index contributed by atoms with van der Waals surface area (Å²) in [6, 6.07) is 13.5. The van der Waals surface area contributed by atoms with Crippen LogP contribution in [-0.4, -0.2) is 12.9 Å². The van der Waals surface area contributed by atoms with Crippen molar-refractivity contribution in [3.63, 3.8) is 0 Å². The van der Waals surface area contributed by atoms with Crippen LogP contribution in [0, 0.1) is 5.82 Å². The molecular formula is C17H13FO3. The van der Waals surface area contributed by atoms with Crippen LogP contribution in [0.25, 0.3) is 11.0 Å². The van der Waals surface area contributed by atoms with Crippen LogP contribution in [0.2, 0.25) is 0 Å². The largest absolute Gasteiger partial charge is 0.496 e. The Labute approximate surface area is 120 Å². The summed E-state index contributed by atoms with van der Waals surface area (Å²) in [7, 11) is 1.56. The molecule has 3 aromatic rings. The van der Waals surface area contributed by atoms with Crippen molar-refractivity contribution >= 4 is 16.8 Å². The zero-order chi connectivity index (χ0) is 14.8. The lowest BCUT2D eigenvalue weighted by molar-refractivity contribution is 0.0967. The number of methoxy groups -OCH3 is 1. The number of halogens is 1. The van der Waals surface area contributed by atoms with Gasteiger partial charge in [0.25, 0.3) is 0 Å². The first-order chi connectivity index (χ1) is 10.2. The maximum absolute atomic E-state index is 13.6. The molecule has 3 rings (SSSR count). The van der Waals surface area contributed by atoms with Gasteiger partial charge in [-0.05, 0) is 18.2 Å². The highest BCUT2D eigenvalue weighted by Crippen LogP contribution is 2.24. The predicted molar refractivity (Wildman–Crippen MR) is 77.2 cm³/mol. The van der Waals surface area contributed by atoms with Crippen LogP contribution in [-0.2, 0) is 6.42 Å². The third kappa shape index (κ3) is 2.52. The van der Waals surface area contributed by atoms with Gasteiger partial charge in [0.2, 0.25) is 5.78 Å². The van der Waals surface area contributed by atoms with E-state index in [-0.39, 0.29) is 23.5 Å². The first kappa shape index (κ1) is 13.4. The lowest BCUT2D eigenvalue weighted by Crippen LogP contribution is -2.03. The second-order valence-electron chi connectivity index (χ2n) is 4.68. The van der Waals surface area contributed by atoms with E-state index in [4.69, 9.17) is 9.15 Å². The van der Waals surface area contributed by atoms with Crippen molar-refractivity contribution in [1.29, 1.82) is 0 Å². The third-order valence-corrected chi connectivity index (χ3v) is 3.31. The first-order valence-electron chi connectivity index (χ1n) is 6.52. The van der Waals surface area contributed by atoms with Gasteiger partial charge >= 0.3 is 0 Å². The van der Waals surface area contributed by atoms with E-state index >= 15 is 0 Å². The van der Waals surface area contributed by atoms with Crippen LogP contribution in [0.1, 0.15) is 16.1 Å². The minimum atomic E-state index is -0.469. The number of fused-ring (bicyclic) bond motifs is 1. The maximum Gasteiger partial charge on any atom is 0.202 e. The topological polar surface area (TPSA) is 39.4 Å². The fourth-order valence-electron chi connectivity index (χ4n) is 2.27. The van der Waals surface area contributed by atoms with E-state index in [9.17, 15) is 9.18 Å². The van der Waals surface area contributed by atoms with Crippen LogP contribution in [0.4, 0.5) is 4.39 Å². The summed E-state index contributed by atoms with van der Waals surface area (Å²) >= 11 is 0. The molecule has 0 aliphatic rings. The van der Waals surface area contributed by atoms with Crippen LogP contribution in [0.5, 0.6) is 5.75 Å². The summed E-state index contributed by atoms with van der Waals surface area (Å²) in [5, 5.41) is 0.582. The monoisotopic (exact) mass is 284 g/mol. The van der Waals surface area contributed by atoms with Gasteiger partial charge in [-0.1, -0.05) is 30.3 Å². The minimum absolute atomic E-state index is 0.112. The Balaban J connectivity index is 1.92. The first-order valence-corrected chi connectivity index (χ1v) is 6.52. The number of ketones is 1. The zero-order valence-electron chi connectivity index (χ0n) is 11.4. The van der Waals surface area contributed by atoms with E-state index in [1.54, 1.807) is 31.4 Å². The van der Waals surface area contributed by atoms with E-state index in [1.165, 1.54) is 6.07 Å². The second kappa shape index (κ2) is 5.40. The highest BCUT2D eigenvalue weighted by Gasteiger charge is 2.16. The van der Waals surface area contributed by atoms with Gasteiger partial charge in [-0.25, -0.2) is 4.39 Å². The van der Waals surface area contributed by atoms with Crippen LogP contribution in [0.15, 0.2) is 52.9 Å². The molecule has 1 aromatic heterocycles. The molecule has 2 aromatic carbocycles. The molecule has 21 heavy (non-hydrogen) atoms. The lowest BCUT2D eigenvalue weighted by Gasteiger charge is -2.06. The number of ether oxygens (including phenoxy) is 1. The number of para-hydroxylation sites is 2. The summed E-state index contributed by atoms with van der Waals surface area (Å²) in [6.07, 6.45) is 0.144. The molecule has 1 heterocycles. The molecule has 0 unspecified atom stereocenters. The molecule has 0 amide bonds. The van der Waals surface area contributed by atoms with Crippen molar-refractivity contribution in [1.82, 2.24) is 0 Å². The van der Waals surface area contributed by atoms with Crippen molar-refractivity contribution in [3.05, 3.63) is 65.7 Å². The maximum atomic E-state index is 13.6. The molecule has 0 aliphatic carbocycles. The van der Waals surface area contributed by atoms with Gasteiger partial charge in [0, 0.05) is 17.4 Å². The Morgan fingerprint density at radius 1 is 1.19 bits per heavy atom. The average Bonchev–Trinajstić information content (AvgIpc) is 2.93. The van der Waals surface area contributed by atoms with Crippen molar-refractivity contribution in [2.45, 2.75) is 6.42 Å². The average molecular weight is 284 g/mol. The Hall–Kier alpha value is -2.62. The molecule has 0 aliphatic heterocycles. The lowest BCUT2D eigenvalue weighted by atomic mass is 10.1.